The first-order valence-electron chi connectivity index (χ1n) is 10.7. The number of benzene rings is 2. The highest BCUT2D eigenvalue weighted by Crippen LogP contribution is 2.28. The Kier molecular flexibility index (Phi) is 8.82. The molecule has 1 unspecified atom stereocenters. The Labute approximate surface area is 202 Å². The van der Waals surface area contributed by atoms with Crippen LogP contribution in [0.2, 0.25) is 5.02 Å². The highest BCUT2D eigenvalue weighted by atomic mass is 79.9. The summed E-state index contributed by atoms with van der Waals surface area (Å²) in [6, 6.07) is 12.2. The molecule has 0 heterocycles. The van der Waals surface area contributed by atoms with E-state index in [1.54, 1.807) is 32.2 Å². The molecule has 0 saturated heterocycles. The van der Waals surface area contributed by atoms with Crippen molar-refractivity contribution in [1.82, 2.24) is 10.2 Å². The molecule has 1 atom stereocenters. The molecule has 3 rings (SSSR count). The summed E-state index contributed by atoms with van der Waals surface area (Å²) in [5.74, 6) is 0.638. The number of carbonyl (C=O) groups is 2. The van der Waals surface area contributed by atoms with Crippen LogP contribution in [0.25, 0.3) is 0 Å². The minimum absolute atomic E-state index is 0.158. The van der Waals surface area contributed by atoms with Crippen LogP contribution in [0.15, 0.2) is 46.9 Å². The number of hydrogen-bond acceptors (Lipinski definition) is 4. The summed E-state index contributed by atoms with van der Waals surface area (Å²) in [7, 11) is 1.59. The molecular formula is C24H28BrClN2O4. The lowest BCUT2D eigenvalue weighted by Gasteiger charge is -2.29. The third-order valence-corrected chi connectivity index (χ3v) is 6.39. The van der Waals surface area contributed by atoms with E-state index in [4.69, 9.17) is 21.1 Å². The predicted octanol–water partition coefficient (Wildman–Crippen LogP) is 4.97. The van der Waals surface area contributed by atoms with Gasteiger partial charge in [0.15, 0.2) is 6.61 Å². The number of amides is 2. The lowest BCUT2D eigenvalue weighted by Crippen LogP contribution is -2.50. The average Bonchev–Trinajstić information content (AvgIpc) is 3.29. The zero-order valence-electron chi connectivity index (χ0n) is 18.3. The molecule has 172 valence electrons. The van der Waals surface area contributed by atoms with Gasteiger partial charge in [0.05, 0.1) is 12.1 Å². The predicted molar refractivity (Wildman–Crippen MR) is 128 cm³/mol. The van der Waals surface area contributed by atoms with Gasteiger partial charge in [-0.1, -0.05) is 52.5 Å². The maximum Gasteiger partial charge on any atom is 0.261 e. The zero-order valence-corrected chi connectivity index (χ0v) is 20.6. The van der Waals surface area contributed by atoms with E-state index >= 15 is 0 Å². The first kappa shape index (κ1) is 24.4. The maximum atomic E-state index is 13.2. The molecule has 0 aromatic heterocycles. The summed E-state index contributed by atoms with van der Waals surface area (Å²) in [4.78, 5) is 27.6. The van der Waals surface area contributed by atoms with Crippen molar-refractivity contribution in [2.24, 2.45) is 0 Å². The number of ether oxygens (including phenoxy) is 2. The van der Waals surface area contributed by atoms with Crippen LogP contribution in [0.5, 0.6) is 11.5 Å². The van der Waals surface area contributed by atoms with Crippen LogP contribution in [-0.2, 0) is 16.1 Å². The fourth-order valence-electron chi connectivity index (χ4n) is 3.76. The summed E-state index contributed by atoms with van der Waals surface area (Å²) >= 11 is 9.56. The Bertz CT molecular complexity index is 949. The van der Waals surface area contributed by atoms with Crippen molar-refractivity contribution < 1.29 is 19.1 Å². The number of nitrogens with one attached hydrogen (secondary N) is 1. The van der Waals surface area contributed by atoms with E-state index in [0.717, 1.165) is 35.7 Å². The molecule has 6 nitrogen and oxygen atoms in total. The van der Waals surface area contributed by atoms with Crippen molar-refractivity contribution in [3.05, 3.63) is 57.5 Å². The Morgan fingerprint density at radius 1 is 1.22 bits per heavy atom. The van der Waals surface area contributed by atoms with E-state index in [0.29, 0.717) is 16.5 Å². The molecule has 1 fully saturated rings. The van der Waals surface area contributed by atoms with Crippen LogP contribution in [0.4, 0.5) is 0 Å². The Morgan fingerprint density at radius 3 is 2.66 bits per heavy atom. The molecular weight excluding hydrogens is 496 g/mol. The van der Waals surface area contributed by atoms with Crippen LogP contribution < -0.4 is 14.8 Å². The molecule has 2 aromatic rings. The second-order valence-electron chi connectivity index (χ2n) is 7.90. The molecule has 0 radical (unpaired) electrons. The topological polar surface area (TPSA) is 67.9 Å². The minimum Gasteiger partial charge on any atom is -0.497 e. The third-order valence-electron chi connectivity index (χ3n) is 5.60. The third kappa shape index (κ3) is 6.62. The summed E-state index contributed by atoms with van der Waals surface area (Å²) in [6.07, 6.45) is 4.20. The van der Waals surface area contributed by atoms with Gasteiger partial charge in [0.25, 0.3) is 5.91 Å². The number of rotatable bonds is 9. The fraction of sp³-hybridized carbons (Fsp3) is 0.417. The van der Waals surface area contributed by atoms with Crippen LogP contribution >= 0.6 is 27.5 Å². The number of methoxy groups -OCH3 is 1. The van der Waals surface area contributed by atoms with Crippen molar-refractivity contribution in [2.75, 3.05) is 13.7 Å². The van der Waals surface area contributed by atoms with Crippen molar-refractivity contribution in [3.63, 3.8) is 0 Å². The van der Waals surface area contributed by atoms with Gasteiger partial charge < -0.3 is 19.7 Å². The largest absolute Gasteiger partial charge is 0.497 e. The summed E-state index contributed by atoms with van der Waals surface area (Å²) in [6.45, 7) is 1.77. The van der Waals surface area contributed by atoms with Gasteiger partial charge in [0, 0.05) is 17.1 Å². The normalized spacial score (nSPS) is 14.6. The lowest BCUT2D eigenvalue weighted by molar-refractivity contribution is -0.142. The van der Waals surface area contributed by atoms with E-state index < -0.39 is 6.04 Å². The van der Waals surface area contributed by atoms with Gasteiger partial charge in [-0.3, -0.25) is 9.59 Å². The molecule has 8 heteroatoms. The average molecular weight is 524 g/mol. The molecule has 1 N–H and O–H groups in total. The van der Waals surface area contributed by atoms with Gasteiger partial charge in [-0.15, -0.1) is 0 Å². The van der Waals surface area contributed by atoms with Crippen LogP contribution in [0.1, 0.15) is 38.2 Å². The second-order valence-corrected chi connectivity index (χ2v) is 9.23. The van der Waals surface area contributed by atoms with E-state index in [1.165, 1.54) is 4.90 Å². The van der Waals surface area contributed by atoms with Crippen LogP contribution in [0, 0.1) is 0 Å². The van der Waals surface area contributed by atoms with E-state index in [-0.39, 0.29) is 31.0 Å². The zero-order chi connectivity index (χ0) is 23.1. The monoisotopic (exact) mass is 522 g/mol. The minimum atomic E-state index is -0.654. The molecule has 1 aliphatic carbocycles. The number of hydrogen-bond donors (Lipinski definition) is 1. The van der Waals surface area contributed by atoms with E-state index in [9.17, 15) is 9.59 Å². The second kappa shape index (κ2) is 11.6. The van der Waals surface area contributed by atoms with Crippen molar-refractivity contribution in [3.8, 4) is 11.5 Å². The van der Waals surface area contributed by atoms with Gasteiger partial charge in [-0.05, 0) is 55.7 Å². The van der Waals surface area contributed by atoms with Crippen molar-refractivity contribution >= 4 is 39.3 Å². The lowest BCUT2D eigenvalue weighted by atomic mass is 10.1. The van der Waals surface area contributed by atoms with Crippen molar-refractivity contribution in [2.45, 2.75) is 51.2 Å². The first-order valence-corrected chi connectivity index (χ1v) is 11.8. The van der Waals surface area contributed by atoms with E-state index in [2.05, 4.69) is 21.2 Å². The molecule has 1 aliphatic rings. The fourth-order valence-corrected chi connectivity index (χ4v) is 4.48. The van der Waals surface area contributed by atoms with Gasteiger partial charge in [0.1, 0.15) is 17.5 Å². The summed E-state index contributed by atoms with van der Waals surface area (Å²) in [5, 5.41) is 3.49. The molecule has 32 heavy (non-hydrogen) atoms. The highest BCUT2D eigenvalue weighted by Gasteiger charge is 2.29. The quantitative estimate of drug-likeness (QED) is 0.504. The number of carbonyl (C=O) groups excluding carboxylic acids is 2. The Morgan fingerprint density at radius 2 is 1.97 bits per heavy atom. The van der Waals surface area contributed by atoms with Crippen LogP contribution in [-0.4, -0.2) is 42.5 Å². The highest BCUT2D eigenvalue weighted by molar-refractivity contribution is 9.10. The number of nitrogens with zero attached hydrogens (tertiary/aromatic N) is 1. The van der Waals surface area contributed by atoms with Gasteiger partial charge >= 0.3 is 0 Å². The number of halogens is 2. The maximum absolute atomic E-state index is 13.2. The van der Waals surface area contributed by atoms with Crippen molar-refractivity contribution in [1.29, 1.82) is 0 Å². The molecule has 0 spiro atoms. The molecule has 0 bridgehead atoms. The van der Waals surface area contributed by atoms with E-state index in [1.807, 2.05) is 24.3 Å². The van der Waals surface area contributed by atoms with Gasteiger partial charge in [-0.25, -0.2) is 0 Å². The summed E-state index contributed by atoms with van der Waals surface area (Å²) in [5.41, 5.74) is 0.861. The standard InChI is InChI=1S/C24H28BrClN2O4/c1-16(24(30)27-19-7-3-4-8-19)28(14-17-6-5-9-20(12-17)31-2)23(29)15-32-22-11-10-18(25)13-21(22)26/h5-6,9-13,16,19H,3-4,7-8,14-15H2,1-2H3,(H,27,30). The molecule has 0 aliphatic heterocycles. The smallest absolute Gasteiger partial charge is 0.261 e. The molecule has 1 saturated carbocycles. The molecule has 2 amide bonds. The van der Waals surface area contributed by atoms with Gasteiger partial charge in [-0.2, -0.15) is 0 Å². The molecule has 2 aromatic carbocycles. The Hall–Kier alpha value is -2.25. The van der Waals surface area contributed by atoms with Crippen LogP contribution in [0.3, 0.4) is 0 Å². The van der Waals surface area contributed by atoms with Gasteiger partial charge in [0.2, 0.25) is 5.91 Å². The first-order chi connectivity index (χ1) is 15.4. The summed E-state index contributed by atoms with van der Waals surface area (Å²) < 4.78 is 11.8. The SMILES string of the molecule is COc1cccc(CN(C(=O)COc2ccc(Br)cc2Cl)C(C)C(=O)NC2CCCC2)c1. The Balaban J connectivity index is 1.74.